The Hall–Kier alpha value is -4.37. The van der Waals surface area contributed by atoms with Gasteiger partial charge in [-0.05, 0) is 168 Å². The van der Waals surface area contributed by atoms with Gasteiger partial charge < -0.3 is 28.4 Å². The molecule has 0 bridgehead atoms. The lowest BCUT2D eigenvalue weighted by atomic mass is 9.82. The first kappa shape index (κ1) is 52.5. The van der Waals surface area contributed by atoms with Gasteiger partial charge in [-0.2, -0.15) is 0 Å². The number of rotatable bonds is 11. The van der Waals surface area contributed by atoms with Crippen molar-refractivity contribution in [1.82, 2.24) is 4.90 Å². The number of thioether (sulfide) groups is 2. The number of carbonyl (C=O) groups excluding carboxylic acids is 5. The molecule has 0 atom stereocenters. The molecule has 14 heteroatoms. The lowest BCUT2D eigenvalue weighted by Gasteiger charge is -2.34. The minimum atomic E-state index is -0.423. The number of esters is 4. The van der Waals surface area contributed by atoms with Crippen molar-refractivity contribution >= 4 is 64.1 Å². The van der Waals surface area contributed by atoms with Crippen molar-refractivity contribution in [1.29, 1.82) is 0 Å². The molecule has 4 aliphatic carbocycles. The summed E-state index contributed by atoms with van der Waals surface area (Å²) in [5.74, 6) is -1.88. The highest BCUT2D eigenvalue weighted by atomic mass is 32.2. The van der Waals surface area contributed by atoms with Crippen LogP contribution in [0.2, 0.25) is 0 Å². The van der Waals surface area contributed by atoms with E-state index in [1.807, 2.05) is 42.5 Å². The van der Waals surface area contributed by atoms with E-state index < -0.39 is 11.8 Å². The zero-order valence-corrected chi connectivity index (χ0v) is 44.9. The molecule has 9 rings (SSSR count). The second-order valence-corrected chi connectivity index (χ2v) is 25.1. The number of hydrogen-bond donors (Lipinski definition) is 0. The van der Waals surface area contributed by atoms with Crippen molar-refractivity contribution < 1.29 is 52.4 Å². The normalized spacial score (nSPS) is 27.9. The molecule has 4 saturated carbocycles. The fraction of sp³-hybridized carbons (Fsp3) is 0.603. The summed E-state index contributed by atoms with van der Waals surface area (Å²) in [5.41, 5.74) is 2.24. The minimum absolute atomic E-state index is 0.114. The first-order valence-corrected chi connectivity index (χ1v) is 28.3. The number of nitrogens with zero attached hydrogens (tertiary/aromatic N) is 1. The van der Waals surface area contributed by atoms with Crippen LogP contribution in [-0.2, 0) is 42.9 Å². The Labute approximate surface area is 433 Å². The van der Waals surface area contributed by atoms with Crippen LogP contribution in [0.1, 0.15) is 164 Å². The van der Waals surface area contributed by atoms with E-state index in [1.54, 1.807) is 11.1 Å². The molecule has 1 amide bonds. The van der Waals surface area contributed by atoms with E-state index in [4.69, 9.17) is 28.4 Å². The third kappa shape index (κ3) is 12.2. The number of fused-ring (bicyclic) bond motifs is 3. The van der Waals surface area contributed by atoms with Crippen LogP contribution < -0.4 is 9.47 Å². The molecule has 0 saturated heterocycles. The standard InChI is InChI=1S/C58H73NO11S2/c1-8-34-33-45(51(60)59-32-12-11-15-46(34)59)56-71-49-47(67-54(63)37-20-16-35(17-21-37)52(61)65-39-24-28-41(29-25-39)69-57(2,3)4)43-13-9-10-14-44(43)48(50(49)72-56)68-55(64)38-22-18-36(19-23-38)53(62)66-40-26-30-42(31-27-40)70-58(5,6)7/h9-15,32,35-42H,8,16-31,33H2,1-7H3. The molecule has 72 heavy (non-hydrogen) atoms. The van der Waals surface area contributed by atoms with E-state index in [2.05, 4.69) is 48.5 Å². The summed E-state index contributed by atoms with van der Waals surface area (Å²) in [7, 11) is 0. The van der Waals surface area contributed by atoms with Crippen molar-refractivity contribution in [2.24, 2.45) is 23.7 Å². The molecule has 0 N–H and O–H groups in total. The Bertz CT molecular complexity index is 2400. The number of ether oxygens (including phenoxy) is 6. The van der Waals surface area contributed by atoms with Gasteiger partial charge in [0.15, 0.2) is 11.5 Å². The van der Waals surface area contributed by atoms with E-state index in [-0.39, 0.29) is 77.2 Å². The number of allylic oxidation sites excluding steroid dienone is 4. The van der Waals surface area contributed by atoms with Gasteiger partial charge >= 0.3 is 23.9 Å². The number of benzene rings is 2. The van der Waals surface area contributed by atoms with Crippen molar-refractivity contribution in [2.45, 2.75) is 209 Å². The molecule has 0 spiro atoms. The predicted molar refractivity (Wildman–Crippen MR) is 278 cm³/mol. The second-order valence-electron chi connectivity index (χ2n) is 22.8. The topological polar surface area (TPSA) is 144 Å². The predicted octanol–water partition coefficient (Wildman–Crippen LogP) is 13.0. The number of carbonyl (C=O) groups is 5. The fourth-order valence-corrected chi connectivity index (χ4v) is 14.2. The SMILES string of the molecule is CCC1=C2C=CC=CN2C(=O)C(=C2Sc3c(c(OC(=O)C4CCC(C(=O)OC5CCC(OC(C)(C)C)CC5)CC4)c4ccccc4c3OC(=O)C3CCC(C(=O)OC4CCC(OC(C)(C)C)CC4)CC3)S2)C1. The molecule has 2 aromatic carbocycles. The third-order valence-electron chi connectivity index (χ3n) is 15.2. The third-order valence-corrected chi connectivity index (χ3v) is 17.9. The van der Waals surface area contributed by atoms with Crippen LogP contribution in [0.25, 0.3) is 10.8 Å². The summed E-state index contributed by atoms with van der Waals surface area (Å²) in [6, 6.07) is 7.50. The van der Waals surface area contributed by atoms with Gasteiger partial charge in [-0.1, -0.05) is 60.8 Å². The zero-order chi connectivity index (χ0) is 50.9. The van der Waals surface area contributed by atoms with E-state index >= 15 is 0 Å². The van der Waals surface area contributed by atoms with Crippen LogP contribution in [0.5, 0.6) is 11.5 Å². The second kappa shape index (κ2) is 22.2. The van der Waals surface area contributed by atoms with Crippen LogP contribution in [0.3, 0.4) is 0 Å². The number of hydrogen-bond acceptors (Lipinski definition) is 13. The molecule has 7 aliphatic rings. The molecular weight excluding hydrogens is 951 g/mol. The fourth-order valence-electron chi connectivity index (χ4n) is 11.5. The average Bonchev–Trinajstić information content (AvgIpc) is 3.81. The highest BCUT2D eigenvalue weighted by Crippen LogP contribution is 2.63. The monoisotopic (exact) mass is 1020 g/mol. The van der Waals surface area contributed by atoms with Gasteiger partial charge in [0.2, 0.25) is 0 Å². The van der Waals surface area contributed by atoms with Crippen LogP contribution in [0.4, 0.5) is 0 Å². The van der Waals surface area contributed by atoms with E-state index in [9.17, 15) is 24.0 Å². The molecule has 0 radical (unpaired) electrons. The Kier molecular flexibility index (Phi) is 16.2. The van der Waals surface area contributed by atoms with E-state index in [0.717, 1.165) is 73.3 Å². The molecular formula is C58H73NO11S2. The van der Waals surface area contributed by atoms with Crippen LogP contribution in [0.15, 0.2) is 79.6 Å². The molecule has 0 aromatic heterocycles. The maximum atomic E-state index is 14.3. The summed E-state index contributed by atoms with van der Waals surface area (Å²) in [4.78, 5) is 72.7. The zero-order valence-electron chi connectivity index (χ0n) is 43.2. The maximum absolute atomic E-state index is 14.3. The van der Waals surface area contributed by atoms with Crippen molar-refractivity contribution in [3.8, 4) is 11.5 Å². The molecule has 12 nitrogen and oxygen atoms in total. The van der Waals surface area contributed by atoms with Gasteiger partial charge in [-0.25, -0.2) is 0 Å². The highest BCUT2D eigenvalue weighted by molar-refractivity contribution is 8.24. The average molecular weight is 1020 g/mol. The van der Waals surface area contributed by atoms with Crippen molar-refractivity contribution in [2.75, 3.05) is 0 Å². The molecule has 2 aromatic rings. The maximum Gasteiger partial charge on any atom is 0.314 e. The molecule has 388 valence electrons. The Morgan fingerprint density at radius 1 is 0.569 bits per heavy atom. The summed E-state index contributed by atoms with van der Waals surface area (Å²) in [5, 5.41) is 1.24. The summed E-state index contributed by atoms with van der Waals surface area (Å²) in [6.07, 6.45) is 19.6. The van der Waals surface area contributed by atoms with Gasteiger partial charge in [0.25, 0.3) is 5.91 Å². The van der Waals surface area contributed by atoms with E-state index in [1.165, 1.54) is 23.5 Å². The first-order valence-electron chi connectivity index (χ1n) is 26.7. The van der Waals surface area contributed by atoms with E-state index in [0.29, 0.717) is 95.4 Å². The number of amides is 1. The first-order chi connectivity index (χ1) is 34.4. The Morgan fingerprint density at radius 2 is 0.972 bits per heavy atom. The summed E-state index contributed by atoms with van der Waals surface area (Å²) < 4.78 is 38.2. The molecule has 3 heterocycles. The van der Waals surface area contributed by atoms with Crippen LogP contribution in [0, 0.1) is 23.7 Å². The highest BCUT2D eigenvalue weighted by Gasteiger charge is 2.41. The van der Waals surface area contributed by atoms with Gasteiger partial charge in [-0.15, -0.1) is 0 Å². The molecule has 3 aliphatic heterocycles. The van der Waals surface area contributed by atoms with Crippen LogP contribution in [-0.4, -0.2) is 70.3 Å². The van der Waals surface area contributed by atoms with Crippen LogP contribution >= 0.6 is 23.5 Å². The molecule has 4 fully saturated rings. The Balaban J connectivity index is 0.900. The lowest BCUT2D eigenvalue weighted by Crippen LogP contribution is -2.35. The largest absolute Gasteiger partial charge is 0.462 e. The Morgan fingerprint density at radius 3 is 1.38 bits per heavy atom. The quantitative estimate of drug-likeness (QED) is 0.120. The van der Waals surface area contributed by atoms with Gasteiger partial charge in [-0.3, -0.25) is 28.9 Å². The summed E-state index contributed by atoms with van der Waals surface area (Å²) >= 11 is 2.77. The van der Waals surface area contributed by atoms with Crippen molar-refractivity contribution in [3.05, 3.63) is 69.8 Å². The van der Waals surface area contributed by atoms with Gasteiger partial charge in [0, 0.05) is 34.7 Å². The van der Waals surface area contributed by atoms with Gasteiger partial charge in [0.05, 0.1) is 61.1 Å². The minimum Gasteiger partial charge on any atom is -0.462 e. The lowest BCUT2D eigenvalue weighted by molar-refractivity contribution is -0.161. The molecule has 0 unspecified atom stereocenters. The van der Waals surface area contributed by atoms with Gasteiger partial charge in [0.1, 0.15) is 12.2 Å². The summed E-state index contributed by atoms with van der Waals surface area (Å²) in [6.45, 7) is 14.5. The smallest absolute Gasteiger partial charge is 0.314 e. The van der Waals surface area contributed by atoms with Crippen molar-refractivity contribution in [3.63, 3.8) is 0 Å².